The molecular formula is C25H31F3O6S. The van der Waals surface area contributed by atoms with Crippen molar-refractivity contribution >= 4 is 16.1 Å². The van der Waals surface area contributed by atoms with Crippen LogP contribution in [0.15, 0.2) is 18.2 Å². The number of hydrogen-bond donors (Lipinski definition) is 1. The van der Waals surface area contributed by atoms with Gasteiger partial charge < -0.3 is 9.47 Å². The molecule has 194 valence electrons. The average molecular weight is 517 g/mol. The van der Waals surface area contributed by atoms with Crippen LogP contribution in [0.1, 0.15) is 61.9 Å². The van der Waals surface area contributed by atoms with Crippen LogP contribution in [0.3, 0.4) is 0 Å². The van der Waals surface area contributed by atoms with Gasteiger partial charge >= 0.3 is 12.1 Å². The summed E-state index contributed by atoms with van der Waals surface area (Å²) in [4.78, 5) is 12.4. The van der Waals surface area contributed by atoms with E-state index in [0.717, 1.165) is 37.0 Å². The molecule has 4 bridgehead atoms. The first-order chi connectivity index (χ1) is 16.3. The monoisotopic (exact) mass is 516 g/mol. The van der Waals surface area contributed by atoms with Gasteiger partial charge in [0.05, 0.1) is 11.1 Å². The molecule has 0 spiro atoms. The van der Waals surface area contributed by atoms with E-state index in [-0.39, 0.29) is 23.1 Å². The SMILES string of the molecule is CC(C)C1(Oc2cc(C(=O)OCCS(=O)(=O)O)ccc2C(F)(F)F)CC2CC1C1C3CCC(C3)C21. The van der Waals surface area contributed by atoms with Gasteiger partial charge in [0.2, 0.25) is 0 Å². The molecule has 1 aromatic rings. The predicted octanol–water partition coefficient (Wildman–Crippen LogP) is 5.23. The molecule has 0 radical (unpaired) electrons. The molecule has 7 unspecified atom stereocenters. The summed E-state index contributed by atoms with van der Waals surface area (Å²) in [7, 11) is -4.34. The van der Waals surface area contributed by atoms with E-state index in [1.165, 1.54) is 19.3 Å². The fraction of sp³-hybridized carbons (Fsp3) is 0.720. The van der Waals surface area contributed by atoms with Crippen molar-refractivity contribution in [1.82, 2.24) is 0 Å². The maximum absolute atomic E-state index is 13.9. The number of fused-ring (bicyclic) bond motifs is 9. The Kier molecular flexibility index (Phi) is 5.94. The van der Waals surface area contributed by atoms with Gasteiger partial charge in [-0.1, -0.05) is 13.8 Å². The first kappa shape index (κ1) is 24.9. The van der Waals surface area contributed by atoms with E-state index in [9.17, 15) is 26.4 Å². The highest BCUT2D eigenvalue weighted by atomic mass is 32.2. The number of hydrogen-bond acceptors (Lipinski definition) is 5. The first-order valence-electron chi connectivity index (χ1n) is 12.3. The Hall–Kier alpha value is -1.81. The van der Waals surface area contributed by atoms with Gasteiger partial charge in [-0.3, -0.25) is 4.55 Å². The molecule has 6 nitrogen and oxygen atoms in total. The highest BCUT2D eigenvalue weighted by Crippen LogP contribution is 2.71. The number of carbonyl (C=O) groups excluding carboxylic acids is 1. The number of esters is 1. The van der Waals surface area contributed by atoms with Crippen LogP contribution in [-0.2, 0) is 21.0 Å². The summed E-state index contributed by atoms with van der Waals surface area (Å²) >= 11 is 0. The third-order valence-corrected chi connectivity index (χ3v) is 9.88. The van der Waals surface area contributed by atoms with Crippen molar-refractivity contribution < 1.29 is 40.4 Å². The van der Waals surface area contributed by atoms with Gasteiger partial charge in [-0.15, -0.1) is 0 Å². The average Bonchev–Trinajstić information content (AvgIpc) is 3.51. The van der Waals surface area contributed by atoms with Gasteiger partial charge in [0, 0.05) is 5.92 Å². The largest absolute Gasteiger partial charge is 0.486 e. The summed E-state index contributed by atoms with van der Waals surface area (Å²) in [6.07, 6.45) is 0.731. The van der Waals surface area contributed by atoms with Crippen molar-refractivity contribution in [1.29, 1.82) is 0 Å². The summed E-state index contributed by atoms with van der Waals surface area (Å²) in [5.41, 5.74) is -1.84. The van der Waals surface area contributed by atoms with E-state index in [0.29, 0.717) is 23.7 Å². The van der Waals surface area contributed by atoms with Crippen LogP contribution >= 0.6 is 0 Å². The minimum Gasteiger partial charge on any atom is -0.486 e. The second-order valence-corrected chi connectivity index (χ2v) is 12.7. The van der Waals surface area contributed by atoms with Crippen molar-refractivity contribution in [3.05, 3.63) is 29.3 Å². The quantitative estimate of drug-likeness (QED) is 0.303. The zero-order chi connectivity index (χ0) is 25.3. The van der Waals surface area contributed by atoms with Crippen molar-refractivity contribution in [2.45, 2.75) is 57.7 Å². The summed E-state index contributed by atoms with van der Waals surface area (Å²) in [6.45, 7) is 3.40. The minimum atomic E-state index is -4.67. The molecule has 7 atom stereocenters. The fourth-order valence-electron chi connectivity index (χ4n) is 8.02. The number of rotatable bonds is 7. The Labute approximate surface area is 203 Å². The highest BCUT2D eigenvalue weighted by Gasteiger charge is 2.68. The summed E-state index contributed by atoms with van der Waals surface area (Å²) in [6, 6.07) is 2.88. The van der Waals surface area contributed by atoms with Gasteiger partial charge in [-0.05, 0) is 85.8 Å². The van der Waals surface area contributed by atoms with E-state index in [1.54, 1.807) is 0 Å². The lowest BCUT2D eigenvalue weighted by Gasteiger charge is -2.49. The molecule has 0 heterocycles. The van der Waals surface area contributed by atoms with Gasteiger partial charge in [-0.2, -0.15) is 21.6 Å². The molecule has 35 heavy (non-hydrogen) atoms. The lowest BCUT2D eigenvalue weighted by atomic mass is 9.63. The number of halogens is 3. The lowest BCUT2D eigenvalue weighted by Crippen LogP contribution is -2.52. The molecule has 4 aliphatic rings. The van der Waals surface area contributed by atoms with Gasteiger partial charge in [0.25, 0.3) is 10.1 Å². The van der Waals surface area contributed by atoms with Crippen LogP contribution in [0.25, 0.3) is 0 Å². The van der Waals surface area contributed by atoms with Crippen molar-refractivity contribution in [3.8, 4) is 5.75 Å². The zero-order valence-corrected chi connectivity index (χ0v) is 20.6. The second kappa shape index (κ2) is 8.36. The summed E-state index contributed by atoms with van der Waals surface area (Å²) < 4.78 is 83.6. The Morgan fingerprint density at radius 1 is 1.14 bits per heavy atom. The van der Waals surface area contributed by atoms with E-state index in [2.05, 4.69) is 0 Å². The molecular weight excluding hydrogens is 485 g/mol. The molecule has 1 N–H and O–H groups in total. The zero-order valence-electron chi connectivity index (χ0n) is 19.8. The molecule has 0 amide bonds. The van der Waals surface area contributed by atoms with Gasteiger partial charge in [0.15, 0.2) is 0 Å². The van der Waals surface area contributed by atoms with Crippen molar-refractivity contribution in [2.24, 2.45) is 41.4 Å². The molecule has 4 saturated carbocycles. The second-order valence-electron chi connectivity index (χ2n) is 11.1. The standard InChI is InChI=1S/C25H31F3O6S/c1-13(2)24(12-17-10-19(24)22-15-4-3-14(9-15)21(17)22)34-20-11-16(5-6-18(20)25(26,27)28)23(29)33-7-8-35(30,31)32/h5-6,11,13-15,17,19,21-22H,3-4,7-10,12H2,1-2H3,(H,30,31,32). The van der Waals surface area contributed by atoms with Crippen LogP contribution in [0.5, 0.6) is 5.75 Å². The van der Waals surface area contributed by atoms with Gasteiger partial charge in [0.1, 0.15) is 23.7 Å². The molecule has 4 fully saturated rings. The van der Waals surface area contributed by atoms with Crippen molar-refractivity contribution in [2.75, 3.05) is 12.4 Å². The molecule has 4 aliphatic carbocycles. The lowest BCUT2D eigenvalue weighted by molar-refractivity contribution is -0.142. The Morgan fingerprint density at radius 2 is 1.83 bits per heavy atom. The molecule has 10 heteroatoms. The number of alkyl halides is 3. The Balaban J connectivity index is 1.45. The normalized spacial score (nSPS) is 35.5. The minimum absolute atomic E-state index is 0.0102. The van der Waals surface area contributed by atoms with E-state index in [1.807, 2.05) is 13.8 Å². The highest BCUT2D eigenvalue weighted by molar-refractivity contribution is 7.85. The number of ether oxygens (including phenoxy) is 2. The van der Waals surface area contributed by atoms with Crippen LogP contribution in [0.2, 0.25) is 0 Å². The van der Waals surface area contributed by atoms with E-state index in [4.69, 9.17) is 14.0 Å². The van der Waals surface area contributed by atoms with E-state index >= 15 is 0 Å². The van der Waals surface area contributed by atoms with Crippen LogP contribution < -0.4 is 4.74 Å². The van der Waals surface area contributed by atoms with E-state index < -0.39 is 45.8 Å². The molecule has 0 aromatic heterocycles. The third-order valence-electron chi connectivity index (χ3n) is 9.20. The molecule has 5 rings (SSSR count). The Bertz CT molecular complexity index is 1120. The maximum Gasteiger partial charge on any atom is 0.419 e. The van der Waals surface area contributed by atoms with Crippen LogP contribution in [0, 0.1) is 41.4 Å². The topological polar surface area (TPSA) is 89.9 Å². The van der Waals surface area contributed by atoms with Crippen molar-refractivity contribution in [3.63, 3.8) is 0 Å². The summed E-state index contributed by atoms with van der Waals surface area (Å²) in [5, 5.41) is 0. The molecule has 1 aromatic carbocycles. The number of carbonyl (C=O) groups is 1. The Morgan fingerprint density at radius 3 is 2.46 bits per heavy atom. The molecule has 0 aliphatic heterocycles. The van der Waals surface area contributed by atoms with Crippen LogP contribution in [0.4, 0.5) is 13.2 Å². The predicted molar refractivity (Wildman–Crippen MR) is 120 cm³/mol. The number of benzene rings is 1. The first-order valence-corrected chi connectivity index (χ1v) is 13.9. The maximum atomic E-state index is 13.9. The molecule has 0 saturated heterocycles. The summed E-state index contributed by atoms with van der Waals surface area (Å²) in [5.74, 6) is 1.03. The fourth-order valence-corrected chi connectivity index (χ4v) is 8.31. The van der Waals surface area contributed by atoms with Gasteiger partial charge in [-0.25, -0.2) is 4.79 Å². The smallest absolute Gasteiger partial charge is 0.419 e. The van der Waals surface area contributed by atoms with Crippen LogP contribution in [-0.4, -0.2) is 36.9 Å². The third kappa shape index (κ3) is 4.24.